The molecule has 1 unspecified atom stereocenters. The predicted molar refractivity (Wildman–Crippen MR) is 76.9 cm³/mol. The number of rotatable bonds is 9. The number of carboxylic acid groups (broad SMARTS) is 2. The van der Waals surface area contributed by atoms with Gasteiger partial charge in [-0.15, -0.1) is 0 Å². The predicted octanol–water partition coefficient (Wildman–Crippen LogP) is 3.45. The summed E-state index contributed by atoms with van der Waals surface area (Å²) in [6.07, 6.45) is 3.27. The lowest BCUT2D eigenvalue weighted by molar-refractivity contribution is -0.138. The number of benzene rings is 1. The molecule has 0 heterocycles. The van der Waals surface area contributed by atoms with E-state index in [0.717, 1.165) is 24.0 Å². The summed E-state index contributed by atoms with van der Waals surface area (Å²) in [7, 11) is 0. The van der Waals surface area contributed by atoms with Crippen molar-refractivity contribution in [3.05, 3.63) is 35.4 Å². The SMILES string of the molecule is CCCC(CCC(=O)O)c1ccccc1CCC(=O)O. The summed E-state index contributed by atoms with van der Waals surface area (Å²) in [5.41, 5.74) is 2.13. The summed E-state index contributed by atoms with van der Waals surface area (Å²) in [5, 5.41) is 17.7. The summed E-state index contributed by atoms with van der Waals surface area (Å²) >= 11 is 0. The van der Waals surface area contributed by atoms with E-state index in [1.165, 1.54) is 0 Å². The average molecular weight is 278 g/mol. The first-order valence-electron chi connectivity index (χ1n) is 7.06. The zero-order valence-electron chi connectivity index (χ0n) is 11.8. The lowest BCUT2D eigenvalue weighted by Gasteiger charge is -2.19. The second-order valence-electron chi connectivity index (χ2n) is 5.01. The van der Waals surface area contributed by atoms with Crippen molar-refractivity contribution in [1.29, 1.82) is 0 Å². The van der Waals surface area contributed by atoms with Crippen LogP contribution in [-0.2, 0) is 16.0 Å². The zero-order valence-corrected chi connectivity index (χ0v) is 11.8. The minimum atomic E-state index is -0.808. The standard InChI is InChI=1S/C16H22O4/c1-2-5-12(8-10-15(17)18)14-7-4-3-6-13(14)9-11-16(19)20/h3-4,6-7,12H,2,5,8-11H2,1H3,(H,17,18)(H,19,20). The van der Waals surface area contributed by atoms with Gasteiger partial charge in [-0.25, -0.2) is 0 Å². The second kappa shape index (κ2) is 8.35. The van der Waals surface area contributed by atoms with Crippen LogP contribution in [0.2, 0.25) is 0 Å². The Kier molecular flexibility index (Phi) is 6.77. The molecule has 4 heteroatoms. The Balaban J connectivity index is 2.87. The van der Waals surface area contributed by atoms with E-state index in [9.17, 15) is 9.59 Å². The number of hydrogen-bond acceptors (Lipinski definition) is 2. The quantitative estimate of drug-likeness (QED) is 0.725. The lowest BCUT2D eigenvalue weighted by atomic mass is 9.86. The summed E-state index contributed by atoms with van der Waals surface area (Å²) in [6, 6.07) is 7.78. The summed E-state index contributed by atoms with van der Waals surface area (Å²) in [4.78, 5) is 21.5. The van der Waals surface area contributed by atoms with Gasteiger partial charge in [0.05, 0.1) is 0 Å². The molecule has 0 aliphatic carbocycles. The molecule has 0 saturated heterocycles. The van der Waals surface area contributed by atoms with Gasteiger partial charge >= 0.3 is 11.9 Å². The van der Waals surface area contributed by atoms with E-state index in [2.05, 4.69) is 6.92 Å². The molecule has 0 spiro atoms. The molecule has 1 rings (SSSR count). The van der Waals surface area contributed by atoms with Crippen LogP contribution in [0.15, 0.2) is 24.3 Å². The minimum Gasteiger partial charge on any atom is -0.481 e. The van der Waals surface area contributed by atoms with Crippen molar-refractivity contribution in [1.82, 2.24) is 0 Å². The number of hydrogen-bond donors (Lipinski definition) is 2. The molecular formula is C16H22O4. The lowest BCUT2D eigenvalue weighted by Crippen LogP contribution is -2.07. The van der Waals surface area contributed by atoms with Crippen LogP contribution in [0.5, 0.6) is 0 Å². The molecule has 0 radical (unpaired) electrons. The van der Waals surface area contributed by atoms with Gasteiger partial charge in [-0.2, -0.15) is 0 Å². The third-order valence-electron chi connectivity index (χ3n) is 3.45. The van der Waals surface area contributed by atoms with Gasteiger partial charge in [0.15, 0.2) is 0 Å². The van der Waals surface area contributed by atoms with Crippen LogP contribution >= 0.6 is 0 Å². The van der Waals surface area contributed by atoms with Gasteiger partial charge in [0.2, 0.25) is 0 Å². The Bertz CT molecular complexity index is 454. The topological polar surface area (TPSA) is 74.6 Å². The maximum Gasteiger partial charge on any atom is 0.303 e. The fourth-order valence-corrected chi connectivity index (χ4v) is 2.50. The normalized spacial score (nSPS) is 12.1. The fourth-order valence-electron chi connectivity index (χ4n) is 2.50. The van der Waals surface area contributed by atoms with Gasteiger partial charge in [-0.1, -0.05) is 37.6 Å². The van der Waals surface area contributed by atoms with Crippen LogP contribution in [0.4, 0.5) is 0 Å². The Labute approximate surface area is 119 Å². The van der Waals surface area contributed by atoms with Crippen LogP contribution in [0.3, 0.4) is 0 Å². The smallest absolute Gasteiger partial charge is 0.303 e. The third-order valence-corrected chi connectivity index (χ3v) is 3.45. The Morgan fingerprint density at radius 3 is 2.30 bits per heavy atom. The molecule has 0 amide bonds. The Morgan fingerprint density at radius 2 is 1.70 bits per heavy atom. The molecule has 0 fully saturated rings. The maximum atomic E-state index is 10.8. The van der Waals surface area contributed by atoms with Crippen LogP contribution in [0.25, 0.3) is 0 Å². The molecule has 0 saturated carbocycles. The van der Waals surface area contributed by atoms with Crippen LogP contribution in [0, 0.1) is 0 Å². The maximum absolute atomic E-state index is 10.8. The second-order valence-corrected chi connectivity index (χ2v) is 5.01. The Morgan fingerprint density at radius 1 is 1.05 bits per heavy atom. The molecule has 4 nitrogen and oxygen atoms in total. The Hall–Kier alpha value is -1.84. The number of aryl methyl sites for hydroxylation is 1. The van der Waals surface area contributed by atoms with Crippen LogP contribution in [0.1, 0.15) is 56.1 Å². The van der Waals surface area contributed by atoms with Crippen LogP contribution in [-0.4, -0.2) is 22.2 Å². The highest BCUT2D eigenvalue weighted by atomic mass is 16.4. The summed E-state index contributed by atoms with van der Waals surface area (Å²) < 4.78 is 0. The van der Waals surface area contributed by atoms with Gasteiger partial charge in [0.25, 0.3) is 0 Å². The molecule has 20 heavy (non-hydrogen) atoms. The van der Waals surface area contributed by atoms with Crippen molar-refractivity contribution in [2.24, 2.45) is 0 Å². The van der Waals surface area contributed by atoms with Gasteiger partial charge in [-0.3, -0.25) is 9.59 Å². The number of aliphatic carboxylic acids is 2. The van der Waals surface area contributed by atoms with E-state index >= 15 is 0 Å². The van der Waals surface area contributed by atoms with Crippen molar-refractivity contribution >= 4 is 11.9 Å². The molecule has 0 bridgehead atoms. The highest BCUT2D eigenvalue weighted by Gasteiger charge is 2.16. The van der Waals surface area contributed by atoms with E-state index in [-0.39, 0.29) is 18.8 Å². The molecule has 110 valence electrons. The highest BCUT2D eigenvalue weighted by Crippen LogP contribution is 2.29. The van der Waals surface area contributed by atoms with Gasteiger partial charge in [0, 0.05) is 12.8 Å². The first kappa shape index (κ1) is 16.2. The summed E-state index contributed by atoms with van der Waals surface area (Å²) in [6.45, 7) is 2.08. The molecule has 2 N–H and O–H groups in total. The van der Waals surface area contributed by atoms with Crippen LogP contribution < -0.4 is 0 Å². The van der Waals surface area contributed by atoms with E-state index < -0.39 is 11.9 Å². The number of carbonyl (C=O) groups is 2. The van der Waals surface area contributed by atoms with Crippen molar-refractivity contribution in [3.8, 4) is 0 Å². The molecule has 0 aromatic heterocycles. The molecule has 0 aliphatic heterocycles. The van der Waals surface area contributed by atoms with Gasteiger partial charge < -0.3 is 10.2 Å². The first-order chi connectivity index (χ1) is 9.54. The molecule has 1 atom stereocenters. The highest BCUT2D eigenvalue weighted by molar-refractivity contribution is 5.67. The molecular weight excluding hydrogens is 256 g/mol. The molecule has 1 aromatic rings. The van der Waals surface area contributed by atoms with Crippen molar-refractivity contribution in [3.63, 3.8) is 0 Å². The van der Waals surface area contributed by atoms with Crippen molar-refractivity contribution < 1.29 is 19.8 Å². The largest absolute Gasteiger partial charge is 0.481 e. The third kappa shape index (κ3) is 5.43. The first-order valence-corrected chi connectivity index (χ1v) is 7.06. The van der Waals surface area contributed by atoms with E-state index in [1.807, 2.05) is 24.3 Å². The fraction of sp³-hybridized carbons (Fsp3) is 0.500. The molecule has 1 aromatic carbocycles. The van der Waals surface area contributed by atoms with E-state index in [1.54, 1.807) is 0 Å². The monoisotopic (exact) mass is 278 g/mol. The number of carboxylic acids is 2. The van der Waals surface area contributed by atoms with E-state index in [0.29, 0.717) is 12.8 Å². The molecule has 0 aliphatic rings. The van der Waals surface area contributed by atoms with Gasteiger partial charge in [0.1, 0.15) is 0 Å². The zero-order chi connectivity index (χ0) is 15.0. The van der Waals surface area contributed by atoms with Crippen molar-refractivity contribution in [2.45, 2.75) is 51.4 Å². The van der Waals surface area contributed by atoms with Crippen molar-refractivity contribution in [2.75, 3.05) is 0 Å². The summed E-state index contributed by atoms with van der Waals surface area (Å²) in [5.74, 6) is -1.40. The van der Waals surface area contributed by atoms with Gasteiger partial charge in [-0.05, 0) is 36.3 Å². The average Bonchev–Trinajstić information content (AvgIpc) is 2.41. The van der Waals surface area contributed by atoms with E-state index in [4.69, 9.17) is 10.2 Å². The minimum absolute atomic E-state index is 0.106.